The van der Waals surface area contributed by atoms with Crippen molar-refractivity contribution >= 4 is 37.4 Å². The van der Waals surface area contributed by atoms with Crippen molar-refractivity contribution in [2.24, 2.45) is 35.5 Å². The number of phenols is 2. The first-order valence-electron chi connectivity index (χ1n) is 27.3. The van der Waals surface area contributed by atoms with Crippen molar-refractivity contribution in [2.45, 2.75) is 76.3 Å². The molecule has 4 N–H and O–H groups in total. The molecule has 4 aromatic carbocycles. The van der Waals surface area contributed by atoms with Crippen molar-refractivity contribution < 1.29 is 50.2 Å². The van der Waals surface area contributed by atoms with E-state index in [1.807, 2.05) is 35.8 Å². The summed E-state index contributed by atoms with van der Waals surface area (Å²) in [5.41, 5.74) is -1.20. The molecule has 15 nitrogen and oxygen atoms in total. The Bertz CT molecular complexity index is 2900. The maximum atomic E-state index is 18.1. The molecule has 0 amide bonds. The normalized spacial score (nSPS) is 28.7. The van der Waals surface area contributed by atoms with Crippen LogP contribution in [0.1, 0.15) is 94.3 Å². The van der Waals surface area contributed by atoms with Crippen LogP contribution in [-0.4, -0.2) is 166 Å². The monoisotopic (exact) mass is 1120 g/mol. The van der Waals surface area contributed by atoms with E-state index in [1.54, 1.807) is 50.2 Å². The van der Waals surface area contributed by atoms with Gasteiger partial charge >= 0.3 is 0 Å². The molecule has 0 aromatic heterocycles. The zero-order valence-electron chi connectivity index (χ0n) is 46.2. The third-order valence-corrected chi connectivity index (χ3v) is 21.1. The Kier molecular flexibility index (Phi) is 17.9. The molecule has 0 bridgehead atoms. The summed E-state index contributed by atoms with van der Waals surface area (Å²) in [6.07, 6.45) is 4.83. The number of benzene rings is 4. The number of hydrogen-bond donors (Lipinski definition) is 4. The lowest BCUT2D eigenvalue weighted by Crippen LogP contribution is -2.77. The number of likely N-dealkylation sites (N-methyl/N-ethyl adjacent to an activating group) is 2. The second kappa shape index (κ2) is 23.6. The number of phenolic OH excluding ortho intramolecular Hbond substituents is 2. The lowest BCUT2D eigenvalue weighted by atomic mass is 9.50. The molecule has 8 rings (SSSR count). The van der Waals surface area contributed by atoms with E-state index in [2.05, 4.69) is 10.6 Å². The number of rotatable bonds is 18. The minimum absolute atomic E-state index is 0.0330. The Labute approximate surface area is 459 Å². The highest BCUT2D eigenvalue weighted by atomic mass is 32.2. The fraction of sp³-hybridized carbons (Fsp3) is 0.542. The fourth-order valence-electron chi connectivity index (χ4n) is 14.2. The summed E-state index contributed by atoms with van der Waals surface area (Å²) in [5, 5.41) is 28.8. The second-order valence-electron chi connectivity index (χ2n) is 23.0. The first-order chi connectivity index (χ1) is 36.8. The number of nitrogens with zero attached hydrogens (tertiary/aromatic N) is 4. The summed E-state index contributed by atoms with van der Waals surface area (Å²) in [7, 11) is -4.66. The Morgan fingerprint density at radius 3 is 1.33 bits per heavy atom. The van der Waals surface area contributed by atoms with Crippen molar-refractivity contribution in [3.8, 4) is 11.5 Å². The maximum absolute atomic E-state index is 18.1. The van der Waals surface area contributed by atoms with E-state index in [-0.39, 0.29) is 91.1 Å². The molecule has 4 heterocycles. The van der Waals surface area contributed by atoms with Crippen LogP contribution in [0.25, 0.3) is 0 Å². The van der Waals surface area contributed by atoms with Gasteiger partial charge in [0.25, 0.3) is 0 Å². The van der Waals surface area contributed by atoms with E-state index in [4.69, 9.17) is 0 Å². The van der Waals surface area contributed by atoms with Crippen LogP contribution in [0.2, 0.25) is 0 Å². The zero-order chi connectivity index (χ0) is 56.6. The van der Waals surface area contributed by atoms with Crippen LogP contribution in [0.4, 0.5) is 8.78 Å². The Morgan fingerprint density at radius 2 is 1.00 bits per heavy atom. The van der Waals surface area contributed by atoms with E-state index >= 15 is 23.2 Å². The molecule has 4 aromatic rings. The molecular formula is C59H78F2N6O9S2. The Morgan fingerprint density at radius 1 is 0.628 bits per heavy atom. The average molecular weight is 1120 g/mol. The van der Waals surface area contributed by atoms with Gasteiger partial charge in [-0.25, -0.2) is 34.2 Å². The van der Waals surface area contributed by atoms with Crippen LogP contribution in [0.3, 0.4) is 0 Å². The van der Waals surface area contributed by atoms with Crippen LogP contribution in [-0.2, 0) is 24.8 Å². The summed E-state index contributed by atoms with van der Waals surface area (Å²) < 4.78 is 88.3. The van der Waals surface area contributed by atoms with Crippen molar-refractivity contribution in [2.75, 3.05) is 92.1 Å². The molecule has 0 unspecified atom stereocenters. The number of halogens is 2. The van der Waals surface area contributed by atoms with Crippen molar-refractivity contribution in [3.05, 3.63) is 130 Å². The van der Waals surface area contributed by atoms with Gasteiger partial charge in [-0.1, -0.05) is 48.5 Å². The number of piperidine rings is 4. The number of ketones is 3. The summed E-state index contributed by atoms with van der Waals surface area (Å²) >= 11 is 0. The van der Waals surface area contributed by atoms with Crippen LogP contribution in [0, 0.1) is 61.0 Å². The number of aromatic hydroxyl groups is 2. The topological polar surface area (TPSA) is 197 Å². The molecule has 4 aliphatic heterocycles. The quantitative estimate of drug-likeness (QED) is 0.0780. The Balaban J connectivity index is 1.46. The molecule has 424 valence electrons. The lowest BCUT2D eigenvalue weighted by molar-refractivity contribution is -0.168. The number of hydrogen-bond acceptors (Lipinski definition) is 13. The molecule has 19 heteroatoms. The molecule has 0 spiro atoms. The molecule has 10 atom stereocenters. The number of sulfonamides is 2. The van der Waals surface area contributed by atoms with Crippen molar-refractivity contribution in [3.63, 3.8) is 0 Å². The highest BCUT2D eigenvalue weighted by Gasteiger charge is 2.67. The molecule has 4 aliphatic rings. The average Bonchev–Trinajstić information content (AvgIpc) is 3.48. The molecule has 0 aliphatic carbocycles. The van der Waals surface area contributed by atoms with Gasteiger partial charge in [0.05, 0.1) is 23.6 Å². The smallest absolute Gasteiger partial charge is 0.210 e. The van der Waals surface area contributed by atoms with Crippen LogP contribution >= 0.6 is 0 Å². The summed E-state index contributed by atoms with van der Waals surface area (Å²) in [6, 6.07) is 21.7. The molecule has 78 heavy (non-hydrogen) atoms. The minimum atomic E-state index is -3.79. The highest BCUT2D eigenvalue weighted by Crippen LogP contribution is 2.59. The van der Waals surface area contributed by atoms with Crippen LogP contribution < -0.4 is 10.6 Å². The number of carbonyl (C=O) groups excluding carboxylic acids is 3. The number of carbonyl (C=O) groups is 3. The molecule has 4 saturated heterocycles. The largest absolute Gasteiger partial charge is 0.508 e. The van der Waals surface area contributed by atoms with Crippen LogP contribution in [0.5, 0.6) is 11.5 Å². The van der Waals surface area contributed by atoms with Gasteiger partial charge in [-0.05, 0) is 162 Å². The molecular weight excluding hydrogens is 1040 g/mol. The fourth-order valence-corrected chi connectivity index (χ4v) is 15.0. The Hall–Kier alpha value is -4.99. The number of nitrogens with one attached hydrogen (secondary N) is 2. The highest BCUT2D eigenvalue weighted by molar-refractivity contribution is 7.88. The van der Waals surface area contributed by atoms with E-state index in [0.717, 1.165) is 12.5 Å². The zero-order valence-corrected chi connectivity index (χ0v) is 47.8. The number of likely N-dealkylation sites (tertiary alicyclic amines) is 2. The van der Waals surface area contributed by atoms with Gasteiger partial charge in [0.1, 0.15) is 23.1 Å². The summed E-state index contributed by atoms with van der Waals surface area (Å²) in [4.78, 5) is 53.2. The van der Waals surface area contributed by atoms with E-state index < -0.39 is 78.3 Å². The van der Waals surface area contributed by atoms with E-state index in [9.17, 15) is 27.0 Å². The summed E-state index contributed by atoms with van der Waals surface area (Å²) in [6.45, 7) is 8.90. The predicted molar refractivity (Wildman–Crippen MR) is 298 cm³/mol. The molecule has 4 fully saturated rings. The van der Waals surface area contributed by atoms with Gasteiger partial charge in [0, 0.05) is 88.2 Å². The maximum Gasteiger partial charge on any atom is 0.210 e. The minimum Gasteiger partial charge on any atom is -0.508 e. The molecule has 0 radical (unpaired) electrons. The first-order valence-corrected chi connectivity index (χ1v) is 30.9. The third-order valence-electron chi connectivity index (χ3n) is 18.5. The SMILES string of the molecule is Cc1c(F)cccc1[C@H]1[C@H]([C@@H]2CCCNC2)[C@@](C)(C(=O)[C@]2(C)[C@@H]([C@H]3CCCNC3)[C@H](c3cccc(F)c3C)[C@@H](C(=O)c3cccc(O)c3)CN2CCN(C)S(C)(=O)=O)N(CCN(C)S(C)(=O)=O)C[C@@H]1C(=O)c1cccc(O)c1. The van der Waals surface area contributed by atoms with Gasteiger partial charge in [0.15, 0.2) is 17.3 Å². The van der Waals surface area contributed by atoms with Crippen molar-refractivity contribution in [1.82, 2.24) is 29.0 Å². The van der Waals surface area contributed by atoms with Gasteiger partial charge in [-0.3, -0.25) is 24.2 Å². The first kappa shape index (κ1) is 59.1. The number of Topliss-reactive ketones (excluding diaryl/α,β-unsaturated/α-hetero) is 3. The van der Waals surface area contributed by atoms with Gasteiger partial charge in [-0.2, -0.15) is 0 Å². The van der Waals surface area contributed by atoms with E-state index in [1.165, 1.54) is 59.1 Å². The lowest BCUT2D eigenvalue weighted by Gasteiger charge is -2.64. The third kappa shape index (κ3) is 11.6. The molecule has 0 saturated carbocycles. The summed E-state index contributed by atoms with van der Waals surface area (Å²) in [5.74, 6) is -8.16. The second-order valence-corrected chi connectivity index (χ2v) is 27.1. The van der Waals surface area contributed by atoms with Crippen LogP contribution in [0.15, 0.2) is 84.9 Å². The van der Waals surface area contributed by atoms with Gasteiger partial charge in [0.2, 0.25) is 20.0 Å². The standard InChI is InChI=1S/C59H78F2N6O9S2/c1-37-45(21-11-23-49(37)60)51-47(55(70)39-15-9-19-43(68)31-39)35-66(29-27-64(5)77(7,73)74)58(3,53(51)41-17-13-25-62-33-41)57(72)59(4)54(42-18-14-26-63-34-42)52(46-22-12-24-50(61)38(46)2)48(56(71)40-16-10-20-44(69)32-40)36-67(59)30-28-65(6)78(8,75)76/h9-12,15-16,19-24,31-32,41-42,47-48,51-54,62-63,68-69H,13-14,17-18,25-30,33-36H2,1-8H3/t41-,42+,47-,48-,51+,52+,53-,54-,58-,59-/m0/s1. The van der Waals surface area contributed by atoms with E-state index in [0.29, 0.717) is 74.1 Å². The van der Waals surface area contributed by atoms with Gasteiger partial charge in [-0.15, -0.1) is 0 Å². The van der Waals surface area contributed by atoms with Crippen molar-refractivity contribution in [1.29, 1.82) is 0 Å². The van der Waals surface area contributed by atoms with Gasteiger partial charge < -0.3 is 20.8 Å². The predicted octanol–water partition coefficient (Wildman–Crippen LogP) is 6.59.